The molecular weight excluding hydrogens is 460 g/mol. The average Bonchev–Trinajstić information content (AvgIpc) is 3.53. The molecule has 0 N–H and O–H groups in total. The number of nitrogens with zero attached hydrogens (tertiary/aromatic N) is 4. The number of hydrogen-bond acceptors (Lipinski definition) is 6. The van der Waals surface area contributed by atoms with Crippen molar-refractivity contribution in [3.05, 3.63) is 77.2 Å². The molecule has 0 bridgehead atoms. The van der Waals surface area contributed by atoms with Gasteiger partial charge in [0.25, 0.3) is 5.91 Å². The van der Waals surface area contributed by atoms with Gasteiger partial charge in [-0.25, -0.2) is 9.97 Å². The maximum absolute atomic E-state index is 14.1. The first-order chi connectivity index (χ1) is 16.5. The molecule has 0 radical (unpaired) electrons. The molecule has 0 saturated heterocycles. The molecule has 0 fully saturated rings. The molecule has 0 atom stereocenters. The lowest BCUT2D eigenvalue weighted by Crippen LogP contribution is -2.37. The van der Waals surface area contributed by atoms with Crippen LogP contribution >= 0.6 is 22.7 Å². The van der Waals surface area contributed by atoms with Crippen LogP contribution in [0.4, 0.5) is 5.13 Å². The summed E-state index contributed by atoms with van der Waals surface area (Å²) in [5.41, 5.74) is 4.50. The lowest BCUT2D eigenvalue weighted by Gasteiger charge is -2.23. The second-order valence-corrected chi connectivity index (χ2v) is 10.4. The number of para-hydroxylation sites is 1. The number of fused-ring (bicyclic) bond motifs is 2. The summed E-state index contributed by atoms with van der Waals surface area (Å²) in [5, 5.41) is 3.62. The molecular formula is C27H26N4OS2. The van der Waals surface area contributed by atoms with Crippen molar-refractivity contribution < 1.29 is 4.79 Å². The monoisotopic (exact) mass is 486 g/mol. The largest absolute Gasteiger partial charge is 0.308 e. The van der Waals surface area contributed by atoms with Gasteiger partial charge in [0.15, 0.2) is 5.13 Å². The number of likely N-dealkylation sites (N-methyl/N-ethyl adjacent to an activating group) is 1. The van der Waals surface area contributed by atoms with Gasteiger partial charge in [0, 0.05) is 18.5 Å². The van der Waals surface area contributed by atoms with Crippen LogP contribution in [0.1, 0.15) is 22.8 Å². The molecule has 172 valence electrons. The summed E-state index contributed by atoms with van der Waals surface area (Å²) in [6.07, 6.45) is 0.973. The highest BCUT2D eigenvalue weighted by atomic mass is 32.1. The number of thiazole rings is 1. The normalized spacial score (nSPS) is 11.5. The van der Waals surface area contributed by atoms with Gasteiger partial charge in [-0.2, -0.15) is 0 Å². The number of rotatable bonds is 7. The van der Waals surface area contributed by atoms with Gasteiger partial charge in [-0.3, -0.25) is 9.69 Å². The Morgan fingerprint density at radius 1 is 0.941 bits per heavy atom. The number of hydrogen-bond donors (Lipinski definition) is 0. The van der Waals surface area contributed by atoms with Crippen molar-refractivity contribution in [2.45, 2.75) is 13.3 Å². The van der Waals surface area contributed by atoms with Gasteiger partial charge in [-0.15, -0.1) is 11.3 Å². The van der Waals surface area contributed by atoms with Crippen molar-refractivity contribution in [1.29, 1.82) is 0 Å². The van der Waals surface area contributed by atoms with Gasteiger partial charge in [0.1, 0.15) is 0 Å². The van der Waals surface area contributed by atoms with E-state index >= 15 is 0 Å². The van der Waals surface area contributed by atoms with E-state index in [9.17, 15) is 4.79 Å². The van der Waals surface area contributed by atoms with Crippen LogP contribution in [0.3, 0.4) is 0 Å². The second-order valence-electron chi connectivity index (χ2n) is 8.46. The predicted molar refractivity (Wildman–Crippen MR) is 144 cm³/mol. The van der Waals surface area contributed by atoms with Crippen LogP contribution in [0.2, 0.25) is 0 Å². The maximum atomic E-state index is 14.1. The minimum atomic E-state index is -0.0481. The molecule has 5 nitrogen and oxygen atoms in total. The molecule has 0 spiro atoms. The Labute approximate surface area is 207 Å². The highest BCUT2D eigenvalue weighted by Crippen LogP contribution is 2.33. The number of aryl methyl sites for hydroxylation is 1. The minimum Gasteiger partial charge on any atom is -0.308 e. The number of amides is 1. The molecule has 3 heterocycles. The van der Waals surface area contributed by atoms with E-state index in [1.165, 1.54) is 5.56 Å². The topological polar surface area (TPSA) is 49.3 Å². The minimum absolute atomic E-state index is 0.0481. The lowest BCUT2D eigenvalue weighted by molar-refractivity contribution is 0.0986. The molecule has 5 aromatic rings. The van der Waals surface area contributed by atoms with E-state index in [0.717, 1.165) is 49.8 Å². The van der Waals surface area contributed by atoms with Crippen LogP contribution in [0.5, 0.6) is 0 Å². The van der Waals surface area contributed by atoms with Gasteiger partial charge in [0.2, 0.25) is 0 Å². The van der Waals surface area contributed by atoms with E-state index in [0.29, 0.717) is 12.1 Å². The number of carbonyl (C=O) groups is 1. The Balaban J connectivity index is 1.63. The van der Waals surface area contributed by atoms with Crippen LogP contribution in [0, 0.1) is 0 Å². The van der Waals surface area contributed by atoms with Gasteiger partial charge in [-0.1, -0.05) is 48.6 Å². The van der Waals surface area contributed by atoms with Gasteiger partial charge in [0.05, 0.1) is 31.9 Å². The fourth-order valence-electron chi connectivity index (χ4n) is 3.92. The standard InChI is InChI=1S/C27H26N4OS2/c1-4-18-11-12-22-25(16-18)34-27(29-22)31(14-13-30(2)3)26(32)20-17-23(24-10-7-15-33-24)28-21-9-6-5-8-19(20)21/h5-12,15-17H,4,13-14H2,1-3H3. The summed E-state index contributed by atoms with van der Waals surface area (Å²) in [7, 11) is 4.04. The number of pyridine rings is 1. The molecule has 0 saturated carbocycles. The Bertz CT molecular complexity index is 1460. The highest BCUT2D eigenvalue weighted by molar-refractivity contribution is 7.22. The average molecular weight is 487 g/mol. The van der Waals surface area contributed by atoms with Crippen LogP contribution in [0.25, 0.3) is 31.7 Å². The quantitative estimate of drug-likeness (QED) is 0.269. The first kappa shape index (κ1) is 22.7. The lowest BCUT2D eigenvalue weighted by atomic mass is 10.1. The van der Waals surface area contributed by atoms with E-state index in [4.69, 9.17) is 9.97 Å². The molecule has 7 heteroatoms. The number of thiophene rings is 1. The third-order valence-corrected chi connectivity index (χ3v) is 7.75. The summed E-state index contributed by atoms with van der Waals surface area (Å²) in [4.78, 5) is 28.8. The van der Waals surface area contributed by atoms with Crippen LogP contribution in [-0.2, 0) is 6.42 Å². The Morgan fingerprint density at radius 2 is 1.79 bits per heavy atom. The van der Waals surface area contributed by atoms with Crippen LogP contribution in [-0.4, -0.2) is 48.0 Å². The fraction of sp³-hybridized carbons (Fsp3) is 0.222. The van der Waals surface area contributed by atoms with E-state index in [-0.39, 0.29) is 5.91 Å². The zero-order valence-corrected chi connectivity index (χ0v) is 21.1. The molecule has 34 heavy (non-hydrogen) atoms. The number of aromatic nitrogens is 2. The van der Waals surface area contributed by atoms with Crippen molar-refractivity contribution in [3.8, 4) is 10.6 Å². The molecule has 0 aliphatic carbocycles. The van der Waals surface area contributed by atoms with E-state index < -0.39 is 0 Å². The molecule has 5 rings (SSSR count). The SMILES string of the molecule is CCc1ccc2nc(N(CCN(C)C)C(=O)c3cc(-c4cccs4)nc4ccccc34)sc2c1. The van der Waals surface area contributed by atoms with Crippen molar-refractivity contribution >= 4 is 54.8 Å². The summed E-state index contributed by atoms with van der Waals surface area (Å²) in [5.74, 6) is -0.0481. The smallest absolute Gasteiger partial charge is 0.260 e. The van der Waals surface area contributed by atoms with Crippen LogP contribution in [0.15, 0.2) is 66.0 Å². The van der Waals surface area contributed by atoms with Crippen LogP contribution < -0.4 is 4.90 Å². The Morgan fingerprint density at radius 3 is 2.56 bits per heavy atom. The van der Waals surface area contributed by atoms with Gasteiger partial charge >= 0.3 is 0 Å². The molecule has 2 aromatic carbocycles. The highest BCUT2D eigenvalue weighted by Gasteiger charge is 2.24. The number of anilines is 1. The van der Waals surface area contributed by atoms with Crippen molar-refractivity contribution in [2.24, 2.45) is 0 Å². The van der Waals surface area contributed by atoms with Crippen molar-refractivity contribution in [2.75, 3.05) is 32.1 Å². The number of benzene rings is 2. The summed E-state index contributed by atoms with van der Waals surface area (Å²) in [6.45, 7) is 3.44. The summed E-state index contributed by atoms with van der Waals surface area (Å²) in [6, 6.07) is 20.2. The zero-order chi connectivity index (χ0) is 23.7. The molecule has 0 aliphatic heterocycles. The first-order valence-corrected chi connectivity index (χ1v) is 13.0. The predicted octanol–water partition coefficient (Wildman–Crippen LogP) is 6.34. The zero-order valence-electron chi connectivity index (χ0n) is 19.5. The molecule has 0 aliphatic rings. The second kappa shape index (κ2) is 9.62. The van der Waals surface area contributed by atoms with E-state index in [1.807, 2.05) is 66.8 Å². The van der Waals surface area contributed by atoms with Gasteiger partial charge in [-0.05, 0) is 61.8 Å². The van der Waals surface area contributed by atoms with Crippen molar-refractivity contribution in [1.82, 2.24) is 14.9 Å². The van der Waals surface area contributed by atoms with E-state index in [2.05, 4.69) is 30.0 Å². The Kier molecular flexibility index (Phi) is 6.41. The van der Waals surface area contributed by atoms with Crippen molar-refractivity contribution in [3.63, 3.8) is 0 Å². The molecule has 3 aromatic heterocycles. The molecule has 1 amide bonds. The number of carbonyl (C=O) groups excluding carboxylic acids is 1. The Hall–Kier alpha value is -3.13. The maximum Gasteiger partial charge on any atom is 0.260 e. The fourth-order valence-corrected chi connectivity index (χ4v) is 5.66. The third-order valence-electron chi connectivity index (χ3n) is 5.82. The van der Waals surface area contributed by atoms with Gasteiger partial charge < -0.3 is 4.90 Å². The molecule has 0 unspecified atom stereocenters. The summed E-state index contributed by atoms with van der Waals surface area (Å²) < 4.78 is 1.11. The third kappa shape index (κ3) is 4.46. The first-order valence-electron chi connectivity index (χ1n) is 11.3. The van der Waals surface area contributed by atoms with E-state index in [1.54, 1.807) is 22.7 Å². The summed E-state index contributed by atoms with van der Waals surface area (Å²) >= 11 is 3.20.